The molecule has 24 heavy (non-hydrogen) atoms. The van der Waals surface area contributed by atoms with E-state index in [2.05, 4.69) is 0 Å². The van der Waals surface area contributed by atoms with Crippen LogP contribution in [0.4, 0.5) is 0 Å². The van der Waals surface area contributed by atoms with Crippen LogP contribution in [0, 0.1) is 11.3 Å². The third kappa shape index (κ3) is 5.43. The van der Waals surface area contributed by atoms with Crippen molar-refractivity contribution in [3.05, 3.63) is 83.4 Å². The van der Waals surface area contributed by atoms with E-state index in [-0.39, 0.29) is 13.2 Å². The standard InChI is InChI=1S/C19H15NO4/c20-12-17(19(22)24-14-16-9-5-2-6-10-16)11-18(21)23-13-15-7-3-1-4-8-15/h1-11H,13-14H2. The van der Waals surface area contributed by atoms with Crippen LogP contribution in [0.5, 0.6) is 0 Å². The molecule has 0 spiro atoms. The second-order valence-corrected chi connectivity index (χ2v) is 4.82. The molecule has 120 valence electrons. The Labute approximate surface area is 139 Å². The van der Waals surface area contributed by atoms with Crippen molar-refractivity contribution in [1.29, 1.82) is 5.26 Å². The molecule has 0 aliphatic heterocycles. The molecule has 0 heterocycles. The molecular weight excluding hydrogens is 306 g/mol. The molecule has 2 rings (SSSR count). The SMILES string of the molecule is N#CC(=CC(=O)OCc1ccccc1)C(=O)OCc1ccccc1. The average Bonchev–Trinajstić information content (AvgIpc) is 2.64. The van der Waals surface area contributed by atoms with Gasteiger partial charge in [0.15, 0.2) is 0 Å². The van der Waals surface area contributed by atoms with E-state index >= 15 is 0 Å². The van der Waals surface area contributed by atoms with Crippen LogP contribution >= 0.6 is 0 Å². The zero-order valence-corrected chi connectivity index (χ0v) is 12.8. The number of esters is 2. The summed E-state index contributed by atoms with van der Waals surface area (Å²) in [7, 11) is 0. The van der Waals surface area contributed by atoms with Gasteiger partial charge in [-0.2, -0.15) is 5.26 Å². The number of hydrogen-bond acceptors (Lipinski definition) is 5. The van der Waals surface area contributed by atoms with Gasteiger partial charge in [0.25, 0.3) is 0 Å². The zero-order chi connectivity index (χ0) is 17.2. The predicted octanol–water partition coefficient (Wildman–Crippen LogP) is 2.92. The van der Waals surface area contributed by atoms with E-state index in [9.17, 15) is 9.59 Å². The fourth-order valence-corrected chi connectivity index (χ4v) is 1.83. The Bertz CT molecular complexity index is 761. The maximum absolute atomic E-state index is 11.8. The molecule has 0 amide bonds. The van der Waals surface area contributed by atoms with Gasteiger partial charge in [-0.25, -0.2) is 9.59 Å². The van der Waals surface area contributed by atoms with Crippen LogP contribution in [-0.2, 0) is 32.3 Å². The van der Waals surface area contributed by atoms with Crippen LogP contribution in [0.15, 0.2) is 72.3 Å². The summed E-state index contributed by atoms with van der Waals surface area (Å²) in [5.74, 6) is -1.63. The molecule has 0 bridgehead atoms. The van der Waals surface area contributed by atoms with Crippen molar-refractivity contribution >= 4 is 11.9 Å². The molecule has 0 saturated carbocycles. The molecule has 0 aliphatic rings. The van der Waals surface area contributed by atoms with Crippen molar-refractivity contribution in [3.63, 3.8) is 0 Å². The number of ether oxygens (including phenoxy) is 2. The minimum Gasteiger partial charge on any atom is -0.458 e. The zero-order valence-electron chi connectivity index (χ0n) is 12.8. The Morgan fingerprint density at radius 2 is 1.38 bits per heavy atom. The summed E-state index contributed by atoms with van der Waals surface area (Å²) in [6.07, 6.45) is 0.844. The van der Waals surface area contributed by atoms with Gasteiger partial charge in [-0.15, -0.1) is 0 Å². The summed E-state index contributed by atoms with van der Waals surface area (Å²) in [6, 6.07) is 19.8. The lowest BCUT2D eigenvalue weighted by Gasteiger charge is -2.04. The largest absolute Gasteiger partial charge is 0.458 e. The first-order chi connectivity index (χ1) is 11.7. The maximum atomic E-state index is 11.8. The molecule has 0 fully saturated rings. The lowest BCUT2D eigenvalue weighted by Crippen LogP contribution is -2.10. The smallest absolute Gasteiger partial charge is 0.349 e. The average molecular weight is 321 g/mol. The molecule has 0 atom stereocenters. The Hall–Kier alpha value is -3.39. The van der Waals surface area contributed by atoms with E-state index in [0.717, 1.165) is 17.2 Å². The fraction of sp³-hybridized carbons (Fsp3) is 0.105. The number of nitrogens with zero attached hydrogens (tertiary/aromatic N) is 1. The first-order valence-corrected chi connectivity index (χ1v) is 7.22. The highest BCUT2D eigenvalue weighted by Crippen LogP contribution is 2.06. The number of carbonyl (C=O) groups is 2. The molecule has 5 nitrogen and oxygen atoms in total. The first-order valence-electron chi connectivity index (χ1n) is 7.22. The topological polar surface area (TPSA) is 76.4 Å². The van der Waals surface area contributed by atoms with Crippen LogP contribution in [0.1, 0.15) is 11.1 Å². The molecule has 2 aromatic rings. The third-order valence-corrected chi connectivity index (χ3v) is 3.04. The Kier molecular flexibility index (Phi) is 6.30. The summed E-state index contributed by atoms with van der Waals surface area (Å²) < 4.78 is 10.0. The van der Waals surface area contributed by atoms with Crippen molar-refractivity contribution in [2.24, 2.45) is 0 Å². The van der Waals surface area contributed by atoms with Crippen molar-refractivity contribution in [1.82, 2.24) is 0 Å². The normalized spacial score (nSPS) is 10.5. The van der Waals surface area contributed by atoms with Gasteiger partial charge in [0.1, 0.15) is 24.9 Å². The van der Waals surface area contributed by atoms with Gasteiger partial charge < -0.3 is 9.47 Å². The maximum Gasteiger partial charge on any atom is 0.349 e. The summed E-state index contributed by atoms with van der Waals surface area (Å²) in [4.78, 5) is 23.5. The molecular formula is C19H15NO4. The van der Waals surface area contributed by atoms with E-state index in [4.69, 9.17) is 14.7 Å². The van der Waals surface area contributed by atoms with E-state index in [0.29, 0.717) is 0 Å². The van der Waals surface area contributed by atoms with Gasteiger partial charge in [-0.1, -0.05) is 60.7 Å². The highest BCUT2D eigenvalue weighted by molar-refractivity contribution is 5.99. The van der Waals surface area contributed by atoms with E-state index < -0.39 is 17.5 Å². The van der Waals surface area contributed by atoms with E-state index in [1.165, 1.54) is 0 Å². The molecule has 0 aliphatic carbocycles. The summed E-state index contributed by atoms with van der Waals surface area (Å²) >= 11 is 0. The summed E-state index contributed by atoms with van der Waals surface area (Å²) in [6.45, 7) is 0.0890. The Morgan fingerprint density at radius 3 is 1.88 bits per heavy atom. The van der Waals surface area contributed by atoms with Gasteiger partial charge in [0.05, 0.1) is 0 Å². The van der Waals surface area contributed by atoms with Crippen LogP contribution < -0.4 is 0 Å². The molecule has 5 heteroatoms. The number of rotatable bonds is 6. The summed E-state index contributed by atoms with van der Waals surface area (Å²) in [5.41, 5.74) is 1.20. The number of hydrogen-bond donors (Lipinski definition) is 0. The molecule has 2 aromatic carbocycles. The highest BCUT2D eigenvalue weighted by atomic mass is 16.5. The molecule has 0 saturated heterocycles. The van der Waals surface area contributed by atoms with Gasteiger partial charge in [-0.05, 0) is 11.1 Å². The Morgan fingerprint density at radius 1 is 0.875 bits per heavy atom. The molecule has 0 unspecified atom stereocenters. The van der Waals surface area contributed by atoms with Crippen LogP contribution in [-0.4, -0.2) is 11.9 Å². The van der Waals surface area contributed by atoms with Gasteiger partial charge >= 0.3 is 11.9 Å². The minimum atomic E-state index is -0.863. The fourth-order valence-electron chi connectivity index (χ4n) is 1.83. The van der Waals surface area contributed by atoms with Crippen LogP contribution in [0.2, 0.25) is 0 Å². The number of carbonyl (C=O) groups excluding carboxylic acids is 2. The number of benzene rings is 2. The second-order valence-electron chi connectivity index (χ2n) is 4.82. The minimum absolute atomic E-state index is 0.0256. The van der Waals surface area contributed by atoms with Crippen LogP contribution in [0.25, 0.3) is 0 Å². The van der Waals surface area contributed by atoms with Crippen molar-refractivity contribution in [2.75, 3.05) is 0 Å². The van der Waals surface area contributed by atoms with Crippen molar-refractivity contribution in [3.8, 4) is 6.07 Å². The highest BCUT2D eigenvalue weighted by Gasteiger charge is 2.13. The number of nitriles is 1. The molecule has 0 N–H and O–H groups in total. The first kappa shape index (κ1) is 17.0. The van der Waals surface area contributed by atoms with Gasteiger partial charge in [0.2, 0.25) is 0 Å². The summed E-state index contributed by atoms with van der Waals surface area (Å²) in [5, 5.41) is 9.00. The van der Waals surface area contributed by atoms with Crippen LogP contribution in [0.3, 0.4) is 0 Å². The van der Waals surface area contributed by atoms with Gasteiger partial charge in [0, 0.05) is 6.08 Å². The van der Waals surface area contributed by atoms with E-state index in [1.807, 2.05) is 36.4 Å². The van der Waals surface area contributed by atoms with Crippen molar-refractivity contribution < 1.29 is 19.1 Å². The second kappa shape index (κ2) is 8.91. The Balaban J connectivity index is 1.89. The lowest BCUT2D eigenvalue weighted by atomic mass is 10.2. The van der Waals surface area contributed by atoms with Crippen molar-refractivity contribution in [2.45, 2.75) is 13.2 Å². The third-order valence-electron chi connectivity index (χ3n) is 3.04. The van der Waals surface area contributed by atoms with E-state index in [1.54, 1.807) is 30.3 Å². The monoisotopic (exact) mass is 321 g/mol. The predicted molar refractivity (Wildman–Crippen MR) is 86.2 cm³/mol. The molecule has 0 aromatic heterocycles. The molecule has 0 radical (unpaired) electrons. The van der Waals surface area contributed by atoms with Gasteiger partial charge in [-0.3, -0.25) is 0 Å². The lowest BCUT2D eigenvalue weighted by molar-refractivity contribution is -0.142. The quantitative estimate of drug-likeness (QED) is 0.464.